The molecule has 226 valence electrons. The van der Waals surface area contributed by atoms with Crippen LogP contribution in [-0.4, -0.2) is 49.8 Å². The number of carboxylic acid groups (broad SMARTS) is 1. The molecule has 0 radical (unpaired) electrons. The number of rotatable bonds is 8. The molecule has 1 N–H and O–H groups in total. The number of carbonyl (C=O) groups is 1. The summed E-state index contributed by atoms with van der Waals surface area (Å²) in [5, 5.41) is 9.96. The fourth-order valence-electron chi connectivity index (χ4n) is 5.53. The van der Waals surface area contributed by atoms with Crippen LogP contribution in [0.1, 0.15) is 58.0 Å². The molecule has 2 aromatic heterocycles. The molecule has 4 aromatic rings. The number of aromatic nitrogens is 3. The van der Waals surface area contributed by atoms with E-state index in [1.807, 2.05) is 11.8 Å². The van der Waals surface area contributed by atoms with Crippen molar-refractivity contribution in [1.29, 1.82) is 0 Å². The minimum Gasteiger partial charge on any atom is -0.478 e. The molecule has 6 rings (SSSR count). The predicted octanol–water partition coefficient (Wildman–Crippen LogP) is 6.43. The van der Waals surface area contributed by atoms with E-state index in [2.05, 4.69) is 9.97 Å². The number of ether oxygens (including phenoxy) is 2. The van der Waals surface area contributed by atoms with Gasteiger partial charge < -0.3 is 19.1 Å². The van der Waals surface area contributed by atoms with Gasteiger partial charge in [-0.15, -0.1) is 0 Å². The van der Waals surface area contributed by atoms with Crippen molar-refractivity contribution in [2.45, 2.75) is 57.8 Å². The standard InChI is InChI=1S/C30H27ClF4N4O4/c1-16-26-18(12-22(30(33,34)35)28(37-26)43-15-17-2-4-19(31)5-3-17)8-10-38(16)14-24-36-23-7-6-21(29(40)41)25(32)27(23)39(24)13-20-9-11-42-20/h2-7,12,16,20H,8-11,13-15H2,1H3,(H,40,41)/t16-,20-/m0/s1. The molecule has 0 unspecified atom stereocenters. The van der Waals surface area contributed by atoms with E-state index in [0.717, 1.165) is 12.5 Å². The van der Waals surface area contributed by atoms with Gasteiger partial charge in [-0.2, -0.15) is 13.2 Å². The van der Waals surface area contributed by atoms with Crippen LogP contribution in [0.25, 0.3) is 11.0 Å². The van der Waals surface area contributed by atoms with Crippen LogP contribution in [0.15, 0.2) is 42.5 Å². The Kier molecular flexibility index (Phi) is 7.78. The van der Waals surface area contributed by atoms with Gasteiger partial charge in [0.1, 0.15) is 23.5 Å². The molecular formula is C30H27ClF4N4O4. The van der Waals surface area contributed by atoms with Crippen LogP contribution < -0.4 is 4.74 Å². The van der Waals surface area contributed by atoms with E-state index in [1.54, 1.807) is 28.8 Å². The van der Waals surface area contributed by atoms with Gasteiger partial charge in [0, 0.05) is 18.2 Å². The Labute approximate surface area is 248 Å². The van der Waals surface area contributed by atoms with E-state index < -0.39 is 41.0 Å². The highest BCUT2D eigenvalue weighted by atomic mass is 35.5. The van der Waals surface area contributed by atoms with Gasteiger partial charge in [-0.05, 0) is 61.2 Å². The summed E-state index contributed by atoms with van der Waals surface area (Å²) < 4.78 is 70.3. The van der Waals surface area contributed by atoms with E-state index in [4.69, 9.17) is 21.1 Å². The van der Waals surface area contributed by atoms with Crippen LogP contribution >= 0.6 is 11.6 Å². The van der Waals surface area contributed by atoms with Crippen molar-refractivity contribution in [3.63, 3.8) is 0 Å². The molecule has 13 heteroatoms. The van der Waals surface area contributed by atoms with Gasteiger partial charge in [0.15, 0.2) is 5.82 Å². The molecule has 2 aliphatic heterocycles. The molecular weight excluding hydrogens is 592 g/mol. The van der Waals surface area contributed by atoms with E-state index in [0.29, 0.717) is 59.3 Å². The molecule has 0 amide bonds. The van der Waals surface area contributed by atoms with Gasteiger partial charge in [-0.25, -0.2) is 19.2 Å². The third-order valence-corrected chi connectivity index (χ3v) is 8.24. The molecule has 0 aliphatic carbocycles. The Hall–Kier alpha value is -3.74. The van der Waals surface area contributed by atoms with Crippen LogP contribution in [0.2, 0.25) is 5.02 Å². The quantitative estimate of drug-likeness (QED) is 0.228. The van der Waals surface area contributed by atoms with Crippen molar-refractivity contribution < 1.29 is 36.9 Å². The number of imidazole rings is 1. The highest BCUT2D eigenvalue weighted by Crippen LogP contribution is 2.40. The average molecular weight is 619 g/mol. The van der Waals surface area contributed by atoms with Crippen molar-refractivity contribution in [2.75, 3.05) is 13.2 Å². The number of hydrogen-bond donors (Lipinski definition) is 1. The lowest BCUT2D eigenvalue weighted by atomic mass is 9.97. The Morgan fingerprint density at radius 3 is 2.58 bits per heavy atom. The van der Waals surface area contributed by atoms with Crippen molar-refractivity contribution >= 4 is 28.6 Å². The summed E-state index contributed by atoms with van der Waals surface area (Å²) in [6, 6.07) is 9.95. The number of halogens is 5. The maximum atomic E-state index is 15.4. The van der Waals surface area contributed by atoms with Crippen LogP contribution in [0.4, 0.5) is 17.6 Å². The van der Waals surface area contributed by atoms with Crippen LogP contribution in [0.3, 0.4) is 0 Å². The topological polar surface area (TPSA) is 89.7 Å². The summed E-state index contributed by atoms with van der Waals surface area (Å²) in [5.74, 6) is -2.27. The monoisotopic (exact) mass is 618 g/mol. The first-order valence-electron chi connectivity index (χ1n) is 13.7. The van der Waals surface area contributed by atoms with Gasteiger partial charge in [0.25, 0.3) is 0 Å². The highest BCUT2D eigenvalue weighted by molar-refractivity contribution is 6.30. The summed E-state index contributed by atoms with van der Waals surface area (Å²) in [6.07, 6.45) is -3.75. The fraction of sp³-hybridized carbons (Fsp3) is 0.367. The predicted molar refractivity (Wildman–Crippen MR) is 149 cm³/mol. The largest absolute Gasteiger partial charge is 0.478 e. The number of carboxylic acids is 1. The van der Waals surface area contributed by atoms with Gasteiger partial charge in [-0.1, -0.05) is 23.7 Å². The Bertz CT molecular complexity index is 1690. The first-order valence-corrected chi connectivity index (χ1v) is 14.1. The van der Waals surface area contributed by atoms with E-state index in [9.17, 15) is 23.1 Å². The Balaban J connectivity index is 1.32. The maximum Gasteiger partial charge on any atom is 0.421 e. The molecule has 0 spiro atoms. The third kappa shape index (κ3) is 5.78. The first kappa shape index (κ1) is 29.3. The van der Waals surface area contributed by atoms with Crippen molar-refractivity contribution in [2.24, 2.45) is 0 Å². The molecule has 4 heterocycles. The summed E-state index contributed by atoms with van der Waals surface area (Å²) >= 11 is 5.91. The number of fused-ring (bicyclic) bond motifs is 2. The molecule has 8 nitrogen and oxygen atoms in total. The number of pyridine rings is 1. The minimum absolute atomic E-state index is 0.0845. The van der Waals surface area contributed by atoms with Crippen molar-refractivity contribution in [3.8, 4) is 5.88 Å². The second-order valence-electron chi connectivity index (χ2n) is 10.7. The zero-order chi connectivity index (χ0) is 30.5. The smallest absolute Gasteiger partial charge is 0.421 e. The molecule has 2 aromatic carbocycles. The molecule has 2 aliphatic rings. The molecule has 43 heavy (non-hydrogen) atoms. The number of aromatic carboxylic acids is 1. The molecule has 0 bridgehead atoms. The first-order chi connectivity index (χ1) is 20.5. The van der Waals surface area contributed by atoms with Gasteiger partial charge >= 0.3 is 12.1 Å². The zero-order valence-electron chi connectivity index (χ0n) is 23.0. The summed E-state index contributed by atoms with van der Waals surface area (Å²) in [7, 11) is 0. The maximum absolute atomic E-state index is 15.4. The SMILES string of the molecule is C[C@H]1c2nc(OCc3ccc(Cl)cc3)c(C(F)(F)F)cc2CCN1Cc1nc2ccc(C(=O)O)c(F)c2n1C[C@@H]1CCO1. The number of hydrogen-bond acceptors (Lipinski definition) is 6. The van der Waals surface area contributed by atoms with Gasteiger partial charge in [-0.3, -0.25) is 4.90 Å². The molecule has 1 saturated heterocycles. The molecule has 0 saturated carbocycles. The highest BCUT2D eigenvalue weighted by Gasteiger charge is 2.38. The van der Waals surface area contributed by atoms with E-state index >= 15 is 4.39 Å². The van der Waals surface area contributed by atoms with E-state index in [-0.39, 0.29) is 24.8 Å². The average Bonchev–Trinajstić information content (AvgIpc) is 3.28. The van der Waals surface area contributed by atoms with Crippen molar-refractivity contribution in [1.82, 2.24) is 19.4 Å². The zero-order valence-corrected chi connectivity index (χ0v) is 23.8. The second-order valence-corrected chi connectivity index (χ2v) is 11.2. The van der Waals surface area contributed by atoms with Gasteiger partial charge in [0.05, 0.1) is 42.0 Å². The molecule has 2 atom stereocenters. The lowest BCUT2D eigenvalue weighted by Gasteiger charge is -2.35. The van der Waals surface area contributed by atoms with Crippen LogP contribution in [0, 0.1) is 5.82 Å². The minimum atomic E-state index is -4.66. The molecule has 1 fully saturated rings. The summed E-state index contributed by atoms with van der Waals surface area (Å²) in [4.78, 5) is 22.6. The van der Waals surface area contributed by atoms with Crippen molar-refractivity contribution in [3.05, 3.63) is 87.1 Å². The Morgan fingerprint density at radius 1 is 1.19 bits per heavy atom. The Morgan fingerprint density at radius 2 is 1.93 bits per heavy atom. The summed E-state index contributed by atoms with van der Waals surface area (Å²) in [5.41, 5.74) is 0.574. The normalized spacial score (nSPS) is 18.8. The van der Waals surface area contributed by atoms with Crippen LogP contribution in [0.5, 0.6) is 5.88 Å². The lowest BCUT2D eigenvalue weighted by molar-refractivity contribution is -0.139. The van der Waals surface area contributed by atoms with Crippen LogP contribution in [-0.2, 0) is 37.0 Å². The number of alkyl halides is 3. The second kappa shape index (κ2) is 11.4. The van der Waals surface area contributed by atoms with E-state index in [1.165, 1.54) is 12.1 Å². The summed E-state index contributed by atoms with van der Waals surface area (Å²) in [6.45, 7) is 3.23. The fourth-order valence-corrected chi connectivity index (χ4v) is 5.66. The lowest BCUT2D eigenvalue weighted by Crippen LogP contribution is -2.36. The number of nitrogens with zero attached hydrogens (tertiary/aromatic N) is 4. The third-order valence-electron chi connectivity index (χ3n) is 7.99. The van der Waals surface area contributed by atoms with Gasteiger partial charge in [0.2, 0.25) is 5.88 Å². The number of benzene rings is 2.